The van der Waals surface area contributed by atoms with E-state index in [9.17, 15) is 29.7 Å². The molecule has 0 aliphatic heterocycles. The Morgan fingerprint density at radius 3 is 1.30 bits per heavy atom. The lowest BCUT2D eigenvalue weighted by Crippen LogP contribution is -2.72. The van der Waals surface area contributed by atoms with Crippen LogP contribution in [0.5, 0.6) is 0 Å². The molecule has 7 nitrogen and oxygen atoms in total. The summed E-state index contributed by atoms with van der Waals surface area (Å²) >= 11 is 0. The SMILES string of the molecule is CCCCCCC/C=C/CCCCC[N+](C(CC)C(=O)O)(C(CC)C(=O)O)C(CC)C(=O)O. The first-order valence-electron chi connectivity index (χ1n) is 12.9. The molecule has 0 amide bonds. The third-order valence-electron chi connectivity index (χ3n) is 6.81. The minimum Gasteiger partial charge on any atom is -0.477 e. The van der Waals surface area contributed by atoms with E-state index < -0.39 is 40.5 Å². The van der Waals surface area contributed by atoms with Gasteiger partial charge >= 0.3 is 17.9 Å². The van der Waals surface area contributed by atoms with Crippen molar-refractivity contribution in [3.05, 3.63) is 12.2 Å². The fourth-order valence-electron chi connectivity index (χ4n) is 5.21. The van der Waals surface area contributed by atoms with Gasteiger partial charge in [-0.25, -0.2) is 14.4 Å². The Morgan fingerprint density at radius 2 is 0.970 bits per heavy atom. The Bertz CT molecular complexity index is 549. The van der Waals surface area contributed by atoms with E-state index in [4.69, 9.17) is 0 Å². The quantitative estimate of drug-likeness (QED) is 0.110. The number of hydrogen-bond acceptors (Lipinski definition) is 3. The Morgan fingerprint density at radius 1 is 0.606 bits per heavy atom. The smallest absolute Gasteiger partial charge is 0.362 e. The monoisotopic (exact) mass is 470 g/mol. The normalized spacial score (nSPS) is 16.2. The van der Waals surface area contributed by atoms with Crippen LogP contribution in [0.25, 0.3) is 0 Å². The number of carboxylic acids is 3. The largest absolute Gasteiger partial charge is 0.477 e. The summed E-state index contributed by atoms with van der Waals surface area (Å²) in [5, 5.41) is 29.8. The molecule has 33 heavy (non-hydrogen) atoms. The lowest BCUT2D eigenvalue weighted by Gasteiger charge is -2.49. The van der Waals surface area contributed by atoms with Crippen molar-refractivity contribution in [2.45, 2.75) is 129 Å². The highest BCUT2D eigenvalue weighted by molar-refractivity contribution is 5.78. The first kappa shape index (κ1) is 31.1. The van der Waals surface area contributed by atoms with Crippen LogP contribution in [-0.4, -0.2) is 62.4 Å². The van der Waals surface area contributed by atoms with Gasteiger partial charge in [0.2, 0.25) is 0 Å². The third kappa shape index (κ3) is 9.86. The zero-order valence-electron chi connectivity index (χ0n) is 21.3. The number of quaternary nitrogens is 1. The zero-order chi connectivity index (χ0) is 25.3. The molecule has 0 aliphatic carbocycles. The molecule has 3 atom stereocenters. The first-order chi connectivity index (χ1) is 15.7. The van der Waals surface area contributed by atoms with Crippen LogP contribution in [0.15, 0.2) is 12.2 Å². The Kier molecular flexibility index (Phi) is 16.6. The summed E-state index contributed by atoms with van der Waals surface area (Å²) < 4.78 is -0.420. The van der Waals surface area contributed by atoms with Crippen LogP contribution in [0.1, 0.15) is 111 Å². The Balaban J connectivity index is 5.27. The molecule has 0 rings (SSSR count). The number of carbonyl (C=O) groups is 3. The topological polar surface area (TPSA) is 112 Å². The predicted molar refractivity (Wildman–Crippen MR) is 131 cm³/mol. The van der Waals surface area contributed by atoms with Crippen molar-refractivity contribution in [3.8, 4) is 0 Å². The summed E-state index contributed by atoms with van der Waals surface area (Å²) in [4.78, 5) is 36.5. The number of carboxylic acid groups (broad SMARTS) is 3. The third-order valence-corrected chi connectivity index (χ3v) is 6.81. The van der Waals surface area contributed by atoms with E-state index in [-0.39, 0.29) is 25.8 Å². The van der Waals surface area contributed by atoms with Gasteiger partial charge in [0.25, 0.3) is 0 Å². The van der Waals surface area contributed by atoms with Crippen molar-refractivity contribution in [1.29, 1.82) is 0 Å². The second-order valence-corrected chi connectivity index (χ2v) is 9.03. The highest BCUT2D eigenvalue weighted by Crippen LogP contribution is 2.32. The lowest BCUT2D eigenvalue weighted by atomic mass is 9.94. The molecule has 0 fully saturated rings. The molecule has 0 aromatic rings. The maximum atomic E-state index is 12.2. The summed E-state index contributed by atoms with van der Waals surface area (Å²) in [6, 6.07) is -3.21. The molecule has 0 radical (unpaired) electrons. The van der Waals surface area contributed by atoms with Crippen molar-refractivity contribution in [2.24, 2.45) is 0 Å². The van der Waals surface area contributed by atoms with Crippen LogP contribution < -0.4 is 0 Å². The van der Waals surface area contributed by atoms with Crippen molar-refractivity contribution in [2.75, 3.05) is 6.54 Å². The molecule has 0 aliphatic rings. The molecule has 3 N–H and O–H groups in total. The van der Waals surface area contributed by atoms with Gasteiger partial charge < -0.3 is 15.3 Å². The molecule has 0 aromatic heterocycles. The maximum Gasteiger partial charge on any atom is 0.362 e. The molecular formula is C26H48NO6+. The second kappa shape index (κ2) is 17.6. The molecule has 0 heterocycles. The van der Waals surface area contributed by atoms with Gasteiger partial charge in [-0.15, -0.1) is 0 Å². The second-order valence-electron chi connectivity index (χ2n) is 9.03. The average Bonchev–Trinajstić information content (AvgIpc) is 2.75. The first-order valence-corrected chi connectivity index (χ1v) is 12.9. The van der Waals surface area contributed by atoms with Crippen molar-refractivity contribution in [3.63, 3.8) is 0 Å². The molecule has 3 unspecified atom stereocenters. The van der Waals surface area contributed by atoms with Crippen LogP contribution in [0.4, 0.5) is 0 Å². The number of aliphatic carboxylic acids is 3. The van der Waals surface area contributed by atoms with Crippen LogP contribution in [-0.2, 0) is 14.4 Å². The van der Waals surface area contributed by atoms with E-state index in [1.807, 2.05) is 0 Å². The standard InChI is InChI=1S/C26H47NO6/c1-5-9-10-11-12-13-14-15-16-17-18-19-20-27(21(6-2)24(28)29,22(7-3)25(30)31)23(8-4)26(32)33/h14-15,21-23H,5-13,16-20H2,1-4H3,(H2-,28,29,30,31,32,33)/p+1/b15-14+. The Hall–Kier alpha value is -1.89. The van der Waals surface area contributed by atoms with E-state index in [2.05, 4.69) is 19.1 Å². The van der Waals surface area contributed by atoms with Gasteiger partial charge in [0.1, 0.15) is 0 Å². The number of hydrogen-bond donors (Lipinski definition) is 3. The molecule has 0 spiro atoms. The zero-order valence-corrected chi connectivity index (χ0v) is 21.3. The van der Waals surface area contributed by atoms with E-state index in [1.54, 1.807) is 20.8 Å². The lowest BCUT2D eigenvalue weighted by molar-refractivity contribution is -0.973. The highest BCUT2D eigenvalue weighted by atomic mass is 16.4. The van der Waals surface area contributed by atoms with Gasteiger partial charge in [-0.05, 0) is 38.5 Å². The minimum atomic E-state index is -1.13. The number of allylic oxidation sites excluding steroid dienone is 2. The van der Waals surface area contributed by atoms with Crippen LogP contribution in [0.3, 0.4) is 0 Å². The average molecular weight is 471 g/mol. The van der Waals surface area contributed by atoms with Crippen LogP contribution in [0, 0.1) is 0 Å². The summed E-state index contributed by atoms with van der Waals surface area (Å²) in [6.45, 7) is 7.54. The molecule has 0 saturated heterocycles. The fourth-order valence-corrected chi connectivity index (χ4v) is 5.21. The molecule has 0 saturated carbocycles. The maximum absolute atomic E-state index is 12.2. The van der Waals surface area contributed by atoms with Gasteiger partial charge in [-0.2, -0.15) is 0 Å². The summed E-state index contributed by atoms with van der Waals surface area (Å²) in [5.74, 6) is -3.38. The van der Waals surface area contributed by atoms with Gasteiger partial charge in [-0.3, -0.25) is 4.48 Å². The Labute approximate surface area is 200 Å². The van der Waals surface area contributed by atoms with Crippen LogP contribution in [0.2, 0.25) is 0 Å². The molecule has 0 aromatic carbocycles. The van der Waals surface area contributed by atoms with Gasteiger partial charge in [0, 0.05) is 19.3 Å². The molecule has 192 valence electrons. The number of rotatable bonds is 21. The van der Waals surface area contributed by atoms with Gasteiger partial charge in [0.05, 0.1) is 6.54 Å². The van der Waals surface area contributed by atoms with E-state index in [0.717, 1.165) is 25.7 Å². The van der Waals surface area contributed by atoms with E-state index in [0.29, 0.717) is 6.42 Å². The van der Waals surface area contributed by atoms with Gasteiger partial charge in [-0.1, -0.05) is 65.5 Å². The number of nitrogens with zero attached hydrogens (tertiary/aromatic N) is 1. The summed E-state index contributed by atoms with van der Waals surface area (Å²) in [5.41, 5.74) is 0. The predicted octanol–water partition coefficient (Wildman–Crippen LogP) is 5.87. The minimum absolute atomic E-state index is 0.184. The van der Waals surface area contributed by atoms with Crippen molar-refractivity contribution in [1.82, 2.24) is 0 Å². The summed E-state index contributed by atoms with van der Waals surface area (Å²) in [7, 11) is 0. The fraction of sp³-hybridized carbons (Fsp3) is 0.808. The van der Waals surface area contributed by atoms with Crippen LogP contribution >= 0.6 is 0 Å². The number of unbranched alkanes of at least 4 members (excludes halogenated alkanes) is 8. The van der Waals surface area contributed by atoms with E-state index in [1.165, 1.54) is 32.1 Å². The molecular weight excluding hydrogens is 422 g/mol. The van der Waals surface area contributed by atoms with Gasteiger partial charge in [0.15, 0.2) is 18.1 Å². The molecule has 7 heteroatoms. The summed E-state index contributed by atoms with van der Waals surface area (Å²) in [6.07, 6.45) is 15.6. The van der Waals surface area contributed by atoms with E-state index >= 15 is 0 Å². The highest BCUT2D eigenvalue weighted by Gasteiger charge is 2.55. The molecule has 0 bridgehead atoms. The van der Waals surface area contributed by atoms with Crippen molar-refractivity contribution < 1.29 is 34.2 Å². The van der Waals surface area contributed by atoms with Crippen molar-refractivity contribution >= 4 is 17.9 Å².